The first-order valence-electron chi connectivity index (χ1n) is 11.3. The summed E-state index contributed by atoms with van der Waals surface area (Å²) in [6.07, 6.45) is 1.95. The molecule has 3 aromatic carbocycles. The molecule has 0 saturated heterocycles. The number of carboxylic acids is 1. The Labute approximate surface area is 207 Å². The van der Waals surface area contributed by atoms with Crippen LogP contribution in [-0.4, -0.2) is 38.4 Å². The Morgan fingerprint density at radius 1 is 1.09 bits per heavy atom. The predicted octanol–water partition coefficient (Wildman–Crippen LogP) is 5.50. The number of hydrogen-bond acceptors (Lipinski definition) is 4. The van der Waals surface area contributed by atoms with Gasteiger partial charge in [0.05, 0.1) is 16.9 Å². The molecule has 0 fully saturated rings. The molecule has 5 rings (SSSR count). The maximum Gasteiger partial charge on any atom is 0.312 e. The number of nitrogens with zero attached hydrogens (tertiary/aromatic N) is 2. The lowest BCUT2D eigenvalue weighted by Crippen LogP contribution is -2.37. The van der Waals surface area contributed by atoms with Crippen LogP contribution in [-0.2, 0) is 22.6 Å². The van der Waals surface area contributed by atoms with Gasteiger partial charge in [-0.3, -0.25) is 9.59 Å². The number of hydrogen-bond donors (Lipinski definition) is 3. The summed E-state index contributed by atoms with van der Waals surface area (Å²) >= 11 is 6.52. The number of H-pyrrole nitrogens is 1. The van der Waals surface area contributed by atoms with Gasteiger partial charge in [-0.1, -0.05) is 54.1 Å². The summed E-state index contributed by atoms with van der Waals surface area (Å²) in [6, 6.07) is 21.6. The maximum atomic E-state index is 12.2. The second-order valence-corrected chi connectivity index (χ2v) is 8.82. The number of amides is 1. The smallest absolute Gasteiger partial charge is 0.312 e. The number of fused-ring (bicyclic) bond motifs is 1. The summed E-state index contributed by atoms with van der Waals surface area (Å²) in [4.78, 5) is 32.6. The highest BCUT2D eigenvalue weighted by atomic mass is 35.5. The van der Waals surface area contributed by atoms with E-state index in [-0.39, 0.29) is 5.91 Å². The number of nitrogens with one attached hydrogen (secondary N) is 2. The van der Waals surface area contributed by atoms with Gasteiger partial charge in [-0.2, -0.15) is 0 Å². The lowest BCUT2D eigenvalue weighted by molar-refractivity contribution is -0.144. The molecule has 0 saturated carbocycles. The molecule has 1 aromatic heterocycles. The SMILES string of the molecule is O=C(O)CC(=O)N1CCc2c(cccc2Nc2ccc(Cl)c(-c3ncc(-c4ccccc4)[nH]3)c2)C1. The number of imidazole rings is 1. The van der Waals surface area contributed by atoms with Crippen LogP contribution in [0.4, 0.5) is 11.4 Å². The highest BCUT2D eigenvalue weighted by molar-refractivity contribution is 6.33. The highest BCUT2D eigenvalue weighted by Gasteiger charge is 2.24. The third kappa shape index (κ3) is 4.90. The molecule has 8 heteroatoms. The van der Waals surface area contributed by atoms with Gasteiger partial charge in [-0.15, -0.1) is 0 Å². The molecule has 3 N–H and O–H groups in total. The number of carboxylic acid groups (broad SMARTS) is 1. The second kappa shape index (κ2) is 9.64. The van der Waals surface area contributed by atoms with Gasteiger partial charge >= 0.3 is 5.97 Å². The molecular formula is C27H23ClN4O3. The number of aliphatic carboxylic acids is 1. The van der Waals surface area contributed by atoms with Crippen molar-refractivity contribution in [3.05, 3.63) is 89.1 Å². The van der Waals surface area contributed by atoms with Crippen LogP contribution in [0.25, 0.3) is 22.6 Å². The van der Waals surface area contributed by atoms with Crippen molar-refractivity contribution in [2.24, 2.45) is 0 Å². The zero-order valence-corrected chi connectivity index (χ0v) is 19.5. The third-order valence-corrected chi connectivity index (χ3v) is 6.41. The summed E-state index contributed by atoms with van der Waals surface area (Å²) in [6.45, 7) is 0.885. The van der Waals surface area contributed by atoms with Crippen LogP contribution < -0.4 is 5.32 Å². The summed E-state index contributed by atoms with van der Waals surface area (Å²) in [5, 5.41) is 13.0. The number of aromatic amines is 1. The van der Waals surface area contributed by atoms with Gasteiger partial charge in [0.2, 0.25) is 5.91 Å². The lowest BCUT2D eigenvalue weighted by Gasteiger charge is -2.30. The molecule has 2 heterocycles. The van der Waals surface area contributed by atoms with Crippen molar-refractivity contribution in [3.63, 3.8) is 0 Å². The molecule has 0 bridgehead atoms. The van der Waals surface area contributed by atoms with Gasteiger partial charge in [0.1, 0.15) is 12.2 Å². The number of anilines is 2. The summed E-state index contributed by atoms with van der Waals surface area (Å²) in [5.41, 5.74) is 6.68. The van der Waals surface area contributed by atoms with E-state index < -0.39 is 12.4 Å². The molecule has 1 amide bonds. The number of carbonyl (C=O) groups excluding carboxylic acids is 1. The number of benzene rings is 3. The maximum absolute atomic E-state index is 12.2. The average Bonchev–Trinajstić information content (AvgIpc) is 3.35. The predicted molar refractivity (Wildman–Crippen MR) is 136 cm³/mol. The molecule has 1 aliphatic heterocycles. The van der Waals surface area contributed by atoms with E-state index in [1.807, 2.05) is 66.7 Å². The van der Waals surface area contributed by atoms with Crippen LogP contribution in [0.2, 0.25) is 5.02 Å². The van der Waals surface area contributed by atoms with Gasteiger partial charge in [0, 0.05) is 30.0 Å². The third-order valence-electron chi connectivity index (χ3n) is 6.08. The van der Waals surface area contributed by atoms with Gasteiger partial charge in [-0.25, -0.2) is 4.98 Å². The van der Waals surface area contributed by atoms with Crippen LogP contribution >= 0.6 is 11.6 Å². The number of aromatic nitrogens is 2. The van der Waals surface area contributed by atoms with Gasteiger partial charge in [-0.05, 0) is 47.4 Å². The minimum Gasteiger partial charge on any atom is -0.481 e. The van der Waals surface area contributed by atoms with Crippen molar-refractivity contribution in [2.45, 2.75) is 19.4 Å². The highest BCUT2D eigenvalue weighted by Crippen LogP contribution is 2.33. The first-order chi connectivity index (χ1) is 17.0. The molecule has 176 valence electrons. The van der Waals surface area contributed by atoms with Crippen molar-refractivity contribution < 1.29 is 14.7 Å². The van der Waals surface area contributed by atoms with Crippen molar-refractivity contribution in [1.29, 1.82) is 0 Å². The molecule has 0 spiro atoms. The van der Waals surface area contributed by atoms with Crippen LogP contribution in [0.1, 0.15) is 17.5 Å². The van der Waals surface area contributed by atoms with Crippen molar-refractivity contribution >= 4 is 34.9 Å². The number of rotatable bonds is 6. The zero-order chi connectivity index (χ0) is 24.4. The Morgan fingerprint density at radius 3 is 2.71 bits per heavy atom. The summed E-state index contributed by atoms with van der Waals surface area (Å²) < 4.78 is 0. The minimum atomic E-state index is -1.11. The van der Waals surface area contributed by atoms with Crippen LogP contribution in [0, 0.1) is 0 Å². The minimum absolute atomic E-state index is 0.364. The fourth-order valence-electron chi connectivity index (χ4n) is 4.34. The largest absolute Gasteiger partial charge is 0.481 e. The number of halogens is 1. The van der Waals surface area contributed by atoms with E-state index in [0.717, 1.165) is 39.3 Å². The monoisotopic (exact) mass is 486 g/mol. The lowest BCUT2D eigenvalue weighted by atomic mass is 9.97. The van der Waals surface area contributed by atoms with Crippen molar-refractivity contribution in [3.8, 4) is 22.6 Å². The molecule has 0 atom stereocenters. The molecule has 0 aliphatic carbocycles. The van der Waals surface area contributed by atoms with E-state index in [1.165, 1.54) is 0 Å². The molecule has 0 unspecified atom stereocenters. The fraction of sp³-hybridized carbons (Fsp3) is 0.148. The molecule has 0 radical (unpaired) electrons. The molecular weight excluding hydrogens is 464 g/mol. The molecule has 4 aromatic rings. The zero-order valence-electron chi connectivity index (χ0n) is 18.8. The Morgan fingerprint density at radius 2 is 1.91 bits per heavy atom. The van der Waals surface area contributed by atoms with E-state index in [1.54, 1.807) is 11.1 Å². The van der Waals surface area contributed by atoms with E-state index in [2.05, 4.69) is 15.3 Å². The topological polar surface area (TPSA) is 98.3 Å². The fourth-order valence-corrected chi connectivity index (χ4v) is 4.55. The Hall–Kier alpha value is -4.10. The van der Waals surface area contributed by atoms with Gasteiger partial charge in [0.25, 0.3) is 0 Å². The molecule has 7 nitrogen and oxygen atoms in total. The van der Waals surface area contributed by atoms with Crippen molar-refractivity contribution in [2.75, 3.05) is 11.9 Å². The van der Waals surface area contributed by atoms with E-state index in [4.69, 9.17) is 16.7 Å². The summed E-state index contributed by atoms with van der Waals surface area (Å²) in [5.74, 6) is -0.792. The molecule has 35 heavy (non-hydrogen) atoms. The molecule has 1 aliphatic rings. The number of carbonyl (C=O) groups is 2. The quantitative estimate of drug-likeness (QED) is 0.312. The standard InChI is InChI=1S/C27H23ClN4O3/c28-22-10-9-19(13-21(22)27-29-15-24(31-27)17-5-2-1-3-6-17)30-23-8-4-7-18-16-32(12-11-20(18)23)25(33)14-26(34)35/h1-10,13,15,30H,11-12,14,16H2,(H,29,31)(H,34,35). The first-order valence-corrected chi connectivity index (χ1v) is 11.6. The average molecular weight is 487 g/mol. The van der Waals surface area contributed by atoms with Gasteiger partial charge < -0.3 is 20.3 Å². The van der Waals surface area contributed by atoms with Crippen LogP contribution in [0.5, 0.6) is 0 Å². The van der Waals surface area contributed by atoms with Crippen LogP contribution in [0.3, 0.4) is 0 Å². The Bertz CT molecular complexity index is 1400. The summed E-state index contributed by atoms with van der Waals surface area (Å²) in [7, 11) is 0. The van der Waals surface area contributed by atoms with E-state index in [9.17, 15) is 9.59 Å². The van der Waals surface area contributed by atoms with Crippen LogP contribution in [0.15, 0.2) is 72.9 Å². The Kier molecular flexibility index (Phi) is 6.25. The first kappa shape index (κ1) is 22.7. The van der Waals surface area contributed by atoms with E-state index in [0.29, 0.717) is 30.4 Å². The normalized spacial score (nSPS) is 12.8. The van der Waals surface area contributed by atoms with E-state index >= 15 is 0 Å². The van der Waals surface area contributed by atoms with Gasteiger partial charge in [0.15, 0.2) is 0 Å². The Balaban J connectivity index is 1.38. The van der Waals surface area contributed by atoms with Crippen molar-refractivity contribution in [1.82, 2.24) is 14.9 Å². The second-order valence-electron chi connectivity index (χ2n) is 8.41.